The molecule has 0 atom stereocenters. The second-order valence-electron chi connectivity index (χ2n) is 3.87. The summed E-state index contributed by atoms with van der Waals surface area (Å²) in [5.41, 5.74) is -0.882. The zero-order valence-corrected chi connectivity index (χ0v) is 10.5. The smallest absolute Gasteiger partial charge is 0.419 e. The normalized spacial score (nSPS) is 14.9. The monoisotopic (exact) mass is 300 g/mol. The molecule has 0 radical (unpaired) electrons. The number of carbonyl (C=O) groups is 1. The Kier molecular flexibility index (Phi) is 4.45. The topological polar surface area (TPSA) is 43.2 Å². The predicted octanol–water partition coefficient (Wildman–Crippen LogP) is -0.475. The molecule has 1 saturated carbocycles. The van der Waals surface area contributed by atoms with Gasteiger partial charge in [0.05, 0.1) is 11.5 Å². The van der Waals surface area contributed by atoms with E-state index in [1.807, 2.05) is 0 Å². The molecule has 2 rings (SSSR count). The van der Waals surface area contributed by atoms with E-state index in [0.717, 1.165) is 25.1 Å². The first kappa shape index (κ1) is 15.0. The van der Waals surface area contributed by atoms with Crippen LogP contribution in [0.4, 0.5) is 19.0 Å². The van der Waals surface area contributed by atoms with E-state index in [2.05, 4.69) is 10.3 Å². The van der Waals surface area contributed by atoms with Gasteiger partial charge in [0, 0.05) is 0 Å². The minimum atomic E-state index is -4.46. The Hall–Kier alpha value is -1.01. The van der Waals surface area contributed by atoms with Gasteiger partial charge in [0.2, 0.25) is 0 Å². The molecule has 0 bridgehead atoms. The molecule has 1 aliphatic rings. The van der Waals surface area contributed by atoms with Crippen LogP contribution in [-0.4, -0.2) is 5.91 Å². The van der Waals surface area contributed by atoms with Crippen molar-refractivity contribution >= 4 is 23.3 Å². The van der Waals surface area contributed by atoms with Crippen molar-refractivity contribution in [2.24, 2.45) is 5.92 Å². The Morgan fingerprint density at radius 2 is 2.06 bits per heavy atom. The van der Waals surface area contributed by atoms with Gasteiger partial charge < -0.3 is 12.4 Å². The highest BCUT2D eigenvalue weighted by atomic mass is 35.5. The van der Waals surface area contributed by atoms with Gasteiger partial charge in [-0.05, 0) is 18.9 Å². The molecule has 1 aromatic heterocycles. The molecule has 1 aliphatic carbocycles. The van der Waals surface area contributed by atoms with E-state index in [-0.39, 0.29) is 35.1 Å². The second-order valence-corrected chi connectivity index (χ2v) is 4.28. The highest BCUT2D eigenvalue weighted by Gasteiger charge is 2.35. The zero-order chi connectivity index (χ0) is 12.6. The van der Waals surface area contributed by atoms with E-state index in [1.165, 1.54) is 0 Å². The molecule has 0 saturated heterocycles. The van der Waals surface area contributed by atoms with Crippen molar-refractivity contribution in [3.8, 4) is 0 Å². The second kappa shape index (κ2) is 5.32. The van der Waals surface area contributed by atoms with Gasteiger partial charge in [0.1, 0.15) is 11.2 Å². The number of anilines is 1. The maximum atomic E-state index is 12.3. The predicted molar refractivity (Wildman–Crippen MR) is 54.4 cm³/mol. The molecule has 8 heteroatoms. The number of hydrogen-bond donors (Lipinski definition) is 1. The lowest BCUT2D eigenvalue weighted by atomic mass is 10.2. The summed E-state index contributed by atoms with van der Waals surface area (Å²) in [4.78, 5) is 13.7. The van der Waals surface area contributed by atoms with Crippen molar-refractivity contribution in [3.05, 3.63) is 22.8 Å². The maximum absolute atomic E-state index is 12.3. The number of H-pyrrole nitrogens is 1. The number of carbonyl (C=O) groups excluding carboxylic acids is 1. The molecular weight excluding hydrogens is 292 g/mol. The first-order valence-electron chi connectivity index (χ1n) is 4.97. The molecule has 2 N–H and O–H groups in total. The van der Waals surface area contributed by atoms with E-state index >= 15 is 0 Å². The molecule has 1 heterocycles. The number of hydrogen-bond acceptors (Lipinski definition) is 1. The first-order chi connectivity index (χ1) is 7.88. The van der Waals surface area contributed by atoms with Crippen LogP contribution in [0.1, 0.15) is 18.4 Å². The molecule has 0 aliphatic heterocycles. The van der Waals surface area contributed by atoms with E-state index in [9.17, 15) is 18.0 Å². The highest BCUT2D eigenvalue weighted by Crippen LogP contribution is 2.33. The van der Waals surface area contributed by atoms with Gasteiger partial charge in [-0.25, -0.2) is 15.1 Å². The summed E-state index contributed by atoms with van der Waals surface area (Å²) in [6.45, 7) is 0. The molecular formula is C10H9Cl2F3N2O. The van der Waals surface area contributed by atoms with Crippen LogP contribution >= 0.6 is 11.6 Å². The lowest BCUT2D eigenvalue weighted by Crippen LogP contribution is -3.00. The lowest BCUT2D eigenvalue weighted by molar-refractivity contribution is -0.364. The average Bonchev–Trinajstić information content (AvgIpc) is 3.02. The number of alkyl halides is 3. The summed E-state index contributed by atoms with van der Waals surface area (Å²) in [5.74, 6) is -0.166. The van der Waals surface area contributed by atoms with Gasteiger partial charge >= 0.3 is 12.1 Å². The van der Waals surface area contributed by atoms with E-state index in [1.54, 1.807) is 0 Å². The lowest BCUT2D eigenvalue weighted by Gasteiger charge is -2.05. The fourth-order valence-electron chi connectivity index (χ4n) is 1.30. The third-order valence-electron chi connectivity index (χ3n) is 2.42. The number of aromatic nitrogens is 1. The summed E-state index contributed by atoms with van der Waals surface area (Å²) >= 11 is 5.66. The largest absolute Gasteiger partial charge is 1.00 e. The summed E-state index contributed by atoms with van der Waals surface area (Å²) in [6.07, 6.45) is -2.07. The number of pyridine rings is 1. The summed E-state index contributed by atoms with van der Waals surface area (Å²) < 4.78 is 37.0. The molecule has 0 aromatic carbocycles. The van der Waals surface area contributed by atoms with Crippen LogP contribution in [0.25, 0.3) is 0 Å². The van der Waals surface area contributed by atoms with E-state index in [4.69, 9.17) is 11.6 Å². The number of aromatic amines is 1. The molecule has 3 nitrogen and oxygen atoms in total. The van der Waals surface area contributed by atoms with Crippen molar-refractivity contribution in [3.63, 3.8) is 0 Å². The molecule has 1 amide bonds. The molecule has 18 heavy (non-hydrogen) atoms. The number of rotatable bonds is 2. The van der Waals surface area contributed by atoms with Crippen molar-refractivity contribution in [2.75, 3.05) is 5.32 Å². The number of nitrogens with one attached hydrogen (secondary N) is 2. The maximum Gasteiger partial charge on any atom is 0.419 e. The number of amides is 1. The summed E-state index contributed by atoms with van der Waals surface area (Å²) in [7, 11) is 0. The van der Waals surface area contributed by atoms with Gasteiger partial charge in [-0.15, -0.1) is 0 Å². The van der Waals surface area contributed by atoms with Crippen LogP contribution in [0.2, 0.25) is 5.02 Å². The Morgan fingerprint density at radius 1 is 1.44 bits per heavy atom. The third kappa shape index (κ3) is 3.49. The van der Waals surface area contributed by atoms with Crippen molar-refractivity contribution < 1.29 is 35.4 Å². The Morgan fingerprint density at radius 3 is 2.50 bits per heavy atom. The van der Waals surface area contributed by atoms with Crippen LogP contribution in [0.15, 0.2) is 12.3 Å². The fourth-order valence-corrected chi connectivity index (χ4v) is 1.52. The van der Waals surface area contributed by atoms with Gasteiger partial charge in [0.15, 0.2) is 0 Å². The Labute approximate surface area is 112 Å². The van der Waals surface area contributed by atoms with Crippen molar-refractivity contribution in [1.29, 1.82) is 0 Å². The van der Waals surface area contributed by atoms with E-state index < -0.39 is 11.7 Å². The number of halogens is 5. The summed E-state index contributed by atoms with van der Waals surface area (Å²) in [5, 5.41) is 2.30. The van der Waals surface area contributed by atoms with Crippen LogP contribution < -0.4 is 22.7 Å². The highest BCUT2D eigenvalue weighted by molar-refractivity contribution is 6.33. The van der Waals surface area contributed by atoms with Gasteiger partial charge in [-0.1, -0.05) is 11.6 Å². The summed E-state index contributed by atoms with van der Waals surface area (Å²) in [6, 6.07) is 0.778. The van der Waals surface area contributed by atoms with Crippen LogP contribution in [0.5, 0.6) is 0 Å². The molecule has 1 fully saturated rings. The van der Waals surface area contributed by atoms with Gasteiger partial charge in [0.25, 0.3) is 5.82 Å². The quantitative estimate of drug-likeness (QED) is 0.788. The Bertz CT molecular complexity index is 461. The Balaban J connectivity index is 0.00000162. The van der Waals surface area contributed by atoms with Crippen molar-refractivity contribution in [1.82, 2.24) is 0 Å². The average molecular weight is 301 g/mol. The fraction of sp³-hybridized carbons (Fsp3) is 0.400. The van der Waals surface area contributed by atoms with Crippen LogP contribution in [0.3, 0.4) is 0 Å². The van der Waals surface area contributed by atoms with E-state index in [0.29, 0.717) is 0 Å². The van der Waals surface area contributed by atoms with Crippen molar-refractivity contribution in [2.45, 2.75) is 19.0 Å². The molecule has 0 spiro atoms. The zero-order valence-electron chi connectivity index (χ0n) is 8.94. The van der Waals surface area contributed by atoms with Gasteiger partial charge in [-0.3, -0.25) is 0 Å². The molecule has 100 valence electrons. The minimum Gasteiger partial charge on any atom is -1.00 e. The van der Waals surface area contributed by atoms with Gasteiger partial charge in [-0.2, -0.15) is 13.2 Å². The minimum absolute atomic E-state index is 0. The van der Waals surface area contributed by atoms with Crippen LogP contribution in [0, 0.1) is 5.92 Å². The standard InChI is InChI=1S/C10H8ClF3N2O.ClH/c11-7-3-6(10(12,13)14)4-15-8(7)16-9(17)5-1-2-5;/h3-5H,1-2H2,(H,15,16,17);1H. The molecule has 1 aromatic rings. The van der Waals surface area contributed by atoms with Crippen LogP contribution in [-0.2, 0) is 11.0 Å². The SMILES string of the molecule is O=C(Nc1[nH+]cc(C(F)(F)F)cc1Cl)C1CC1.[Cl-]. The first-order valence-corrected chi connectivity index (χ1v) is 5.35. The molecule has 0 unspecified atom stereocenters. The third-order valence-corrected chi connectivity index (χ3v) is 2.71.